The van der Waals surface area contributed by atoms with Crippen LogP contribution in [0.4, 0.5) is 0 Å². The quantitative estimate of drug-likeness (QED) is 0.419. The first-order valence-electron chi connectivity index (χ1n) is 9.44. The van der Waals surface area contributed by atoms with Crippen LogP contribution in [0, 0.1) is 0 Å². The zero-order chi connectivity index (χ0) is 20.5. The molecule has 0 unspecified atom stereocenters. The van der Waals surface area contributed by atoms with Crippen LogP contribution in [0.5, 0.6) is 0 Å². The van der Waals surface area contributed by atoms with Gasteiger partial charge in [0.1, 0.15) is 6.61 Å². The van der Waals surface area contributed by atoms with Crippen LogP contribution in [-0.4, -0.2) is 23.3 Å². The molecule has 2 N–H and O–H groups in total. The summed E-state index contributed by atoms with van der Waals surface area (Å²) in [5, 5.41) is 15.7. The molecule has 0 aliphatic carbocycles. The number of oxime groups is 1. The average Bonchev–Trinajstić information content (AvgIpc) is 2.75. The number of carbonyl (C=O) groups is 1. The second kappa shape index (κ2) is 10.2. The molecule has 148 valence electrons. The summed E-state index contributed by atoms with van der Waals surface area (Å²) in [6.07, 6.45) is 0. The number of nitrogens with zero attached hydrogens (tertiary/aromatic N) is 1. The van der Waals surface area contributed by atoms with Gasteiger partial charge in [0, 0.05) is 6.54 Å². The summed E-state index contributed by atoms with van der Waals surface area (Å²) < 4.78 is 0. The van der Waals surface area contributed by atoms with Gasteiger partial charge in [-0.3, -0.25) is 4.79 Å². The van der Waals surface area contributed by atoms with Crippen LogP contribution in [0.3, 0.4) is 0 Å². The zero-order valence-electron chi connectivity index (χ0n) is 16.3. The van der Waals surface area contributed by atoms with E-state index in [4.69, 9.17) is 9.94 Å². The Balaban J connectivity index is 1.51. The molecule has 0 amide bonds. The summed E-state index contributed by atoms with van der Waals surface area (Å²) >= 11 is 0. The van der Waals surface area contributed by atoms with Crippen molar-refractivity contribution in [3.8, 4) is 11.1 Å². The molecular weight excluding hydrogens is 364 g/mol. The first-order valence-corrected chi connectivity index (χ1v) is 9.44. The molecule has 0 spiro atoms. The van der Waals surface area contributed by atoms with E-state index < -0.39 is 5.97 Å². The highest BCUT2D eigenvalue weighted by atomic mass is 16.6. The molecule has 5 heteroatoms. The van der Waals surface area contributed by atoms with Gasteiger partial charge in [-0.15, -0.1) is 0 Å². The van der Waals surface area contributed by atoms with Gasteiger partial charge in [0.05, 0.1) is 12.3 Å². The number of aliphatic carboxylic acids is 1. The van der Waals surface area contributed by atoms with E-state index in [1.165, 1.54) is 11.1 Å². The second-order valence-corrected chi connectivity index (χ2v) is 6.71. The van der Waals surface area contributed by atoms with Crippen molar-refractivity contribution < 1.29 is 14.7 Å². The van der Waals surface area contributed by atoms with Gasteiger partial charge in [0.15, 0.2) is 0 Å². The third-order valence-electron chi connectivity index (χ3n) is 4.47. The Kier molecular flexibility index (Phi) is 7.14. The third kappa shape index (κ3) is 6.30. The summed E-state index contributed by atoms with van der Waals surface area (Å²) in [5.41, 5.74) is 6.19. The van der Waals surface area contributed by atoms with Crippen LogP contribution in [0.15, 0.2) is 84.0 Å². The third-order valence-corrected chi connectivity index (χ3v) is 4.47. The Hall–Kier alpha value is -3.44. The lowest BCUT2D eigenvalue weighted by molar-refractivity contribution is -0.135. The summed E-state index contributed by atoms with van der Waals surface area (Å²) in [6, 6.07) is 26.3. The lowest BCUT2D eigenvalue weighted by Gasteiger charge is -2.06. The van der Waals surface area contributed by atoms with Crippen LogP contribution < -0.4 is 5.32 Å². The standard InChI is InChI=1S/C24H24N2O3/c1-18(21-11-7-19(8-12-21)15-25-16-24(27)28)26-29-17-20-9-13-23(14-10-20)22-5-3-2-4-6-22/h2-14,25H,15-17H2,1H3,(H,27,28)/b26-18-. The number of rotatable bonds is 9. The summed E-state index contributed by atoms with van der Waals surface area (Å²) in [7, 11) is 0. The van der Waals surface area contributed by atoms with Crippen molar-refractivity contribution in [2.75, 3.05) is 6.54 Å². The Morgan fingerprint density at radius 1 is 0.897 bits per heavy atom. The van der Waals surface area contributed by atoms with Gasteiger partial charge in [0.25, 0.3) is 0 Å². The van der Waals surface area contributed by atoms with Crippen LogP contribution in [-0.2, 0) is 22.8 Å². The lowest BCUT2D eigenvalue weighted by Crippen LogP contribution is -2.21. The monoisotopic (exact) mass is 388 g/mol. The first kappa shape index (κ1) is 20.3. The van der Waals surface area contributed by atoms with Crippen molar-refractivity contribution >= 4 is 11.7 Å². The Morgan fingerprint density at radius 3 is 2.17 bits per heavy atom. The molecule has 0 radical (unpaired) electrons. The molecule has 3 aromatic rings. The number of carboxylic acids is 1. The van der Waals surface area contributed by atoms with Gasteiger partial charge in [0.2, 0.25) is 0 Å². The fraction of sp³-hybridized carbons (Fsp3) is 0.167. The maximum Gasteiger partial charge on any atom is 0.317 e. The predicted octanol–water partition coefficient (Wildman–Crippen LogP) is 4.47. The smallest absolute Gasteiger partial charge is 0.317 e. The summed E-state index contributed by atoms with van der Waals surface area (Å²) in [4.78, 5) is 16.0. The summed E-state index contributed by atoms with van der Waals surface area (Å²) in [5.74, 6) is -0.864. The van der Waals surface area contributed by atoms with Gasteiger partial charge in [-0.2, -0.15) is 0 Å². The minimum atomic E-state index is -0.864. The molecule has 3 aromatic carbocycles. The average molecular weight is 388 g/mol. The fourth-order valence-corrected chi connectivity index (χ4v) is 2.86. The van der Waals surface area contributed by atoms with E-state index >= 15 is 0 Å². The van der Waals surface area contributed by atoms with E-state index in [0.29, 0.717) is 13.2 Å². The van der Waals surface area contributed by atoms with E-state index in [9.17, 15) is 4.79 Å². The van der Waals surface area contributed by atoms with Crippen molar-refractivity contribution in [3.63, 3.8) is 0 Å². The minimum Gasteiger partial charge on any atom is -0.480 e. The second-order valence-electron chi connectivity index (χ2n) is 6.71. The largest absolute Gasteiger partial charge is 0.480 e. The van der Waals surface area contributed by atoms with E-state index in [-0.39, 0.29) is 6.54 Å². The highest BCUT2D eigenvalue weighted by molar-refractivity contribution is 5.98. The van der Waals surface area contributed by atoms with Gasteiger partial charge in [-0.05, 0) is 34.7 Å². The molecule has 3 rings (SSSR count). The van der Waals surface area contributed by atoms with Crippen LogP contribution >= 0.6 is 0 Å². The molecule has 5 nitrogen and oxygen atoms in total. The number of hydrogen-bond acceptors (Lipinski definition) is 4. The van der Waals surface area contributed by atoms with Crippen molar-refractivity contribution in [2.45, 2.75) is 20.1 Å². The molecule has 0 aliphatic rings. The van der Waals surface area contributed by atoms with Crippen LogP contribution in [0.2, 0.25) is 0 Å². The molecule has 29 heavy (non-hydrogen) atoms. The number of hydrogen-bond donors (Lipinski definition) is 2. The van der Waals surface area contributed by atoms with Gasteiger partial charge < -0.3 is 15.3 Å². The number of benzene rings is 3. The molecular formula is C24H24N2O3. The fourth-order valence-electron chi connectivity index (χ4n) is 2.86. The van der Waals surface area contributed by atoms with Crippen molar-refractivity contribution in [3.05, 3.63) is 95.6 Å². The van der Waals surface area contributed by atoms with E-state index in [1.807, 2.05) is 61.5 Å². The normalized spacial score (nSPS) is 11.3. The van der Waals surface area contributed by atoms with Gasteiger partial charge in [-0.1, -0.05) is 84.0 Å². The van der Waals surface area contributed by atoms with Gasteiger partial charge in [-0.25, -0.2) is 0 Å². The molecule has 0 aliphatic heterocycles. The lowest BCUT2D eigenvalue weighted by atomic mass is 10.0. The molecule has 0 bridgehead atoms. The predicted molar refractivity (Wildman–Crippen MR) is 115 cm³/mol. The number of carboxylic acid groups (broad SMARTS) is 1. The van der Waals surface area contributed by atoms with E-state index in [1.54, 1.807) is 0 Å². The molecule has 0 saturated heterocycles. The van der Waals surface area contributed by atoms with Crippen molar-refractivity contribution in [1.29, 1.82) is 0 Å². The Labute approximate surface area is 170 Å². The first-order chi connectivity index (χ1) is 14.1. The maximum atomic E-state index is 10.5. The molecule has 0 aromatic heterocycles. The SMILES string of the molecule is C/C(=N/OCc1ccc(-c2ccccc2)cc1)c1ccc(CNCC(=O)O)cc1. The highest BCUT2D eigenvalue weighted by Gasteiger charge is 2.02. The van der Waals surface area contributed by atoms with Gasteiger partial charge >= 0.3 is 5.97 Å². The van der Waals surface area contributed by atoms with Crippen LogP contribution in [0.25, 0.3) is 11.1 Å². The Morgan fingerprint density at radius 2 is 1.52 bits per heavy atom. The molecule has 0 fully saturated rings. The van der Waals surface area contributed by atoms with Crippen molar-refractivity contribution in [1.82, 2.24) is 5.32 Å². The molecule has 0 atom stereocenters. The Bertz CT molecular complexity index is 950. The molecule has 0 heterocycles. The van der Waals surface area contributed by atoms with Crippen LogP contribution in [0.1, 0.15) is 23.6 Å². The zero-order valence-corrected chi connectivity index (χ0v) is 16.3. The van der Waals surface area contributed by atoms with Crippen molar-refractivity contribution in [2.24, 2.45) is 5.16 Å². The minimum absolute atomic E-state index is 0.0532. The van der Waals surface area contributed by atoms with E-state index in [0.717, 1.165) is 22.4 Å². The van der Waals surface area contributed by atoms with E-state index in [2.05, 4.69) is 34.7 Å². The highest BCUT2D eigenvalue weighted by Crippen LogP contribution is 2.19. The maximum absolute atomic E-state index is 10.5. The number of nitrogens with one attached hydrogen (secondary N) is 1. The molecule has 0 saturated carbocycles. The summed E-state index contributed by atoms with van der Waals surface area (Å²) in [6.45, 7) is 2.76. The topological polar surface area (TPSA) is 70.9 Å².